The summed E-state index contributed by atoms with van der Waals surface area (Å²) in [6.45, 7) is 2.12. The lowest BCUT2D eigenvalue weighted by atomic mass is 10.1. The first-order valence-corrected chi connectivity index (χ1v) is 8.73. The number of halogens is 1. The number of hydrogen-bond donors (Lipinski definition) is 0. The molecule has 132 valence electrons. The van der Waals surface area contributed by atoms with Crippen LogP contribution in [0.3, 0.4) is 0 Å². The molecular formula is C20H19FN4O. The van der Waals surface area contributed by atoms with Crippen molar-refractivity contribution in [3.63, 3.8) is 0 Å². The topological polar surface area (TPSA) is 51.0 Å². The number of hydrogen-bond acceptors (Lipinski definition) is 4. The van der Waals surface area contributed by atoms with Gasteiger partial charge in [-0.2, -0.15) is 0 Å². The Morgan fingerprint density at radius 1 is 1.08 bits per heavy atom. The third-order valence-electron chi connectivity index (χ3n) is 4.67. The lowest BCUT2D eigenvalue weighted by Gasteiger charge is -2.17. The SMILES string of the molecule is O=c1cc(-c2ccncc2)nc2n1CCN2CCCc1ccccc1F. The summed E-state index contributed by atoms with van der Waals surface area (Å²) in [4.78, 5) is 23.2. The number of aromatic nitrogens is 3. The molecule has 0 spiro atoms. The second-order valence-electron chi connectivity index (χ2n) is 6.35. The molecule has 0 fully saturated rings. The fourth-order valence-corrected chi connectivity index (χ4v) is 3.31. The zero-order chi connectivity index (χ0) is 17.9. The zero-order valence-corrected chi connectivity index (χ0v) is 14.3. The highest BCUT2D eigenvalue weighted by molar-refractivity contribution is 5.59. The monoisotopic (exact) mass is 350 g/mol. The molecule has 0 saturated heterocycles. The van der Waals surface area contributed by atoms with Gasteiger partial charge in [0.05, 0.1) is 5.69 Å². The van der Waals surface area contributed by atoms with Gasteiger partial charge in [0.2, 0.25) is 5.95 Å². The van der Waals surface area contributed by atoms with Crippen LogP contribution in [0.4, 0.5) is 10.3 Å². The summed E-state index contributed by atoms with van der Waals surface area (Å²) in [6, 6.07) is 12.1. The Morgan fingerprint density at radius 2 is 1.88 bits per heavy atom. The minimum absolute atomic E-state index is 0.0431. The van der Waals surface area contributed by atoms with Crippen LogP contribution in [0.25, 0.3) is 11.3 Å². The Bertz CT molecular complexity index is 971. The highest BCUT2D eigenvalue weighted by atomic mass is 19.1. The predicted octanol–water partition coefficient (Wildman–Crippen LogP) is 2.90. The van der Waals surface area contributed by atoms with Crippen LogP contribution in [0.2, 0.25) is 0 Å². The van der Waals surface area contributed by atoms with Crippen molar-refractivity contribution in [2.45, 2.75) is 19.4 Å². The molecule has 2 aromatic heterocycles. The van der Waals surface area contributed by atoms with Crippen molar-refractivity contribution in [1.82, 2.24) is 14.5 Å². The molecule has 0 aliphatic carbocycles. The smallest absolute Gasteiger partial charge is 0.255 e. The van der Waals surface area contributed by atoms with Gasteiger partial charge in [-0.15, -0.1) is 0 Å². The molecule has 26 heavy (non-hydrogen) atoms. The van der Waals surface area contributed by atoms with Gasteiger partial charge in [-0.05, 0) is 36.6 Å². The second-order valence-corrected chi connectivity index (χ2v) is 6.35. The molecule has 0 radical (unpaired) electrons. The van der Waals surface area contributed by atoms with Gasteiger partial charge in [0, 0.05) is 43.7 Å². The third-order valence-corrected chi connectivity index (χ3v) is 4.67. The molecule has 0 N–H and O–H groups in total. The number of aryl methyl sites for hydroxylation is 1. The number of fused-ring (bicyclic) bond motifs is 1. The Morgan fingerprint density at radius 3 is 2.69 bits per heavy atom. The summed E-state index contributed by atoms with van der Waals surface area (Å²) in [5.41, 5.74) is 2.21. The van der Waals surface area contributed by atoms with E-state index in [4.69, 9.17) is 4.98 Å². The summed E-state index contributed by atoms with van der Waals surface area (Å²) in [6.07, 6.45) is 4.84. The van der Waals surface area contributed by atoms with Gasteiger partial charge < -0.3 is 4.90 Å². The van der Waals surface area contributed by atoms with E-state index in [2.05, 4.69) is 9.88 Å². The van der Waals surface area contributed by atoms with Crippen LogP contribution in [0.1, 0.15) is 12.0 Å². The molecule has 3 heterocycles. The van der Waals surface area contributed by atoms with Crippen LogP contribution in [-0.4, -0.2) is 27.6 Å². The maximum Gasteiger partial charge on any atom is 0.255 e. The van der Waals surface area contributed by atoms with Gasteiger partial charge in [0.1, 0.15) is 5.82 Å². The van der Waals surface area contributed by atoms with E-state index in [0.29, 0.717) is 24.6 Å². The summed E-state index contributed by atoms with van der Waals surface area (Å²) < 4.78 is 15.4. The molecule has 1 aliphatic rings. The fraction of sp³-hybridized carbons (Fsp3) is 0.250. The standard InChI is InChI=1S/C20H19FN4O/c21-17-6-2-1-4-15(17)5-3-11-24-12-13-25-19(26)14-18(23-20(24)25)16-7-9-22-10-8-16/h1-2,4,6-10,14H,3,5,11-13H2. The maximum absolute atomic E-state index is 13.7. The second kappa shape index (κ2) is 7.07. The van der Waals surface area contributed by atoms with E-state index in [1.165, 1.54) is 6.07 Å². The molecule has 0 bridgehead atoms. The van der Waals surface area contributed by atoms with Crippen LogP contribution in [-0.2, 0) is 13.0 Å². The van der Waals surface area contributed by atoms with E-state index in [1.54, 1.807) is 29.1 Å². The fourth-order valence-electron chi connectivity index (χ4n) is 3.31. The lowest BCUT2D eigenvalue weighted by Crippen LogP contribution is -2.24. The van der Waals surface area contributed by atoms with Crippen LogP contribution in [0.5, 0.6) is 0 Å². The van der Waals surface area contributed by atoms with Crippen molar-refractivity contribution in [1.29, 1.82) is 0 Å². The molecule has 3 aromatic rings. The molecule has 1 aliphatic heterocycles. The van der Waals surface area contributed by atoms with Crippen LogP contribution < -0.4 is 10.5 Å². The van der Waals surface area contributed by atoms with Crippen molar-refractivity contribution >= 4 is 5.95 Å². The number of pyridine rings is 1. The average molecular weight is 350 g/mol. The largest absolute Gasteiger partial charge is 0.340 e. The molecule has 0 amide bonds. The highest BCUT2D eigenvalue weighted by Gasteiger charge is 2.22. The minimum atomic E-state index is -0.163. The lowest BCUT2D eigenvalue weighted by molar-refractivity contribution is 0.603. The summed E-state index contributed by atoms with van der Waals surface area (Å²) in [5.74, 6) is 0.529. The van der Waals surface area contributed by atoms with E-state index >= 15 is 0 Å². The molecule has 0 atom stereocenters. The van der Waals surface area contributed by atoms with E-state index in [-0.39, 0.29) is 11.4 Å². The third kappa shape index (κ3) is 3.22. The first-order valence-electron chi connectivity index (χ1n) is 8.73. The van der Waals surface area contributed by atoms with Gasteiger partial charge in [0.25, 0.3) is 5.56 Å². The summed E-state index contributed by atoms with van der Waals surface area (Å²) in [5, 5.41) is 0. The van der Waals surface area contributed by atoms with Crippen molar-refractivity contribution in [3.8, 4) is 11.3 Å². The van der Waals surface area contributed by atoms with E-state index in [0.717, 1.165) is 30.6 Å². The quantitative estimate of drug-likeness (QED) is 0.710. The van der Waals surface area contributed by atoms with Gasteiger partial charge in [-0.25, -0.2) is 9.37 Å². The summed E-state index contributed by atoms with van der Waals surface area (Å²) >= 11 is 0. The van der Waals surface area contributed by atoms with Gasteiger partial charge in [-0.1, -0.05) is 18.2 Å². The van der Waals surface area contributed by atoms with Crippen LogP contribution in [0, 0.1) is 5.82 Å². The molecule has 0 saturated carbocycles. The Hall–Kier alpha value is -3.02. The average Bonchev–Trinajstić information content (AvgIpc) is 3.08. The van der Waals surface area contributed by atoms with Crippen molar-refractivity contribution in [2.24, 2.45) is 0 Å². The first-order chi connectivity index (χ1) is 12.7. The highest BCUT2D eigenvalue weighted by Crippen LogP contribution is 2.22. The number of anilines is 1. The first kappa shape index (κ1) is 16.4. The Kier molecular flexibility index (Phi) is 4.48. The minimum Gasteiger partial charge on any atom is -0.340 e. The van der Waals surface area contributed by atoms with Crippen LogP contribution in [0.15, 0.2) is 59.7 Å². The Labute approximate surface area is 150 Å². The Balaban J connectivity index is 1.52. The van der Waals surface area contributed by atoms with E-state index in [9.17, 15) is 9.18 Å². The van der Waals surface area contributed by atoms with E-state index in [1.807, 2.05) is 24.3 Å². The normalized spacial score (nSPS) is 13.0. The van der Waals surface area contributed by atoms with Gasteiger partial charge in [0.15, 0.2) is 0 Å². The molecule has 1 aromatic carbocycles. The van der Waals surface area contributed by atoms with Crippen molar-refractivity contribution in [3.05, 3.63) is 76.6 Å². The molecule has 6 heteroatoms. The number of rotatable bonds is 5. The predicted molar refractivity (Wildman–Crippen MR) is 98.7 cm³/mol. The van der Waals surface area contributed by atoms with Gasteiger partial charge in [-0.3, -0.25) is 14.3 Å². The van der Waals surface area contributed by atoms with E-state index < -0.39 is 0 Å². The number of nitrogens with zero attached hydrogens (tertiary/aromatic N) is 4. The van der Waals surface area contributed by atoms with Crippen molar-refractivity contribution < 1.29 is 4.39 Å². The van der Waals surface area contributed by atoms with Gasteiger partial charge >= 0.3 is 0 Å². The van der Waals surface area contributed by atoms with Crippen LogP contribution >= 0.6 is 0 Å². The zero-order valence-electron chi connectivity index (χ0n) is 14.3. The number of benzene rings is 1. The molecule has 5 nitrogen and oxygen atoms in total. The molecule has 0 unspecified atom stereocenters. The summed E-state index contributed by atoms with van der Waals surface area (Å²) in [7, 11) is 0. The molecular weight excluding hydrogens is 331 g/mol. The van der Waals surface area contributed by atoms with Crippen molar-refractivity contribution in [2.75, 3.05) is 18.0 Å². The molecule has 4 rings (SSSR count). The maximum atomic E-state index is 13.7.